The predicted octanol–water partition coefficient (Wildman–Crippen LogP) is 5.05. The molecule has 170 valence electrons. The van der Waals surface area contributed by atoms with Crippen LogP contribution in [0, 0.1) is 5.92 Å². The lowest BCUT2D eigenvalue weighted by Crippen LogP contribution is -2.39. The molecule has 1 amide bonds. The van der Waals surface area contributed by atoms with Crippen LogP contribution in [0.5, 0.6) is 0 Å². The summed E-state index contributed by atoms with van der Waals surface area (Å²) in [5.74, 6) is 0.915. The first-order valence-corrected chi connectivity index (χ1v) is 11.7. The molecule has 6 nitrogen and oxygen atoms in total. The highest BCUT2D eigenvalue weighted by Crippen LogP contribution is 2.24. The van der Waals surface area contributed by atoms with E-state index in [2.05, 4.69) is 29.8 Å². The maximum Gasteiger partial charge on any atom is 0.261 e. The van der Waals surface area contributed by atoms with Crippen molar-refractivity contribution in [3.8, 4) is 0 Å². The largest absolute Gasteiger partial charge is 0.383 e. The van der Waals surface area contributed by atoms with Gasteiger partial charge in [0.2, 0.25) is 0 Å². The van der Waals surface area contributed by atoms with E-state index in [0.717, 1.165) is 10.9 Å². The van der Waals surface area contributed by atoms with Gasteiger partial charge in [-0.15, -0.1) is 0 Å². The Kier molecular flexibility index (Phi) is 8.21. The van der Waals surface area contributed by atoms with Crippen LogP contribution in [-0.4, -0.2) is 40.6 Å². The first-order chi connectivity index (χ1) is 15.3. The molecule has 3 aromatic rings. The van der Waals surface area contributed by atoms with Gasteiger partial charge in [-0.3, -0.25) is 14.2 Å². The van der Waals surface area contributed by atoms with E-state index in [4.69, 9.17) is 9.72 Å². The number of hydrogen-bond donors (Lipinski definition) is 0. The molecule has 0 saturated heterocycles. The van der Waals surface area contributed by atoms with Gasteiger partial charge in [-0.25, -0.2) is 4.98 Å². The van der Waals surface area contributed by atoms with Crippen molar-refractivity contribution in [1.82, 2.24) is 14.5 Å². The third-order valence-electron chi connectivity index (χ3n) is 5.53. The van der Waals surface area contributed by atoms with Crippen molar-refractivity contribution in [2.45, 2.75) is 39.8 Å². The van der Waals surface area contributed by atoms with Crippen LogP contribution < -0.4 is 5.56 Å². The van der Waals surface area contributed by atoms with Crippen LogP contribution >= 0.6 is 15.9 Å². The molecule has 0 N–H and O–H groups in total. The minimum absolute atomic E-state index is 0.0832. The number of ether oxygens (including phenoxy) is 1. The van der Waals surface area contributed by atoms with Gasteiger partial charge in [-0.05, 0) is 49.6 Å². The molecule has 0 aliphatic rings. The number of para-hydroxylation sites is 1. The van der Waals surface area contributed by atoms with Gasteiger partial charge in [-0.1, -0.05) is 48.0 Å². The highest BCUT2D eigenvalue weighted by molar-refractivity contribution is 9.10. The summed E-state index contributed by atoms with van der Waals surface area (Å²) < 4.78 is 7.74. The quantitative estimate of drug-likeness (QED) is 0.412. The highest BCUT2D eigenvalue weighted by atomic mass is 79.9. The lowest BCUT2D eigenvalue weighted by atomic mass is 10.1. The number of aromatic nitrogens is 2. The second kappa shape index (κ2) is 10.9. The Morgan fingerprint density at radius 2 is 1.91 bits per heavy atom. The van der Waals surface area contributed by atoms with Crippen molar-refractivity contribution in [3.05, 3.63) is 74.7 Å². The van der Waals surface area contributed by atoms with Crippen LogP contribution in [0.1, 0.15) is 49.4 Å². The molecule has 1 unspecified atom stereocenters. The molecule has 0 aliphatic carbocycles. The predicted molar refractivity (Wildman–Crippen MR) is 131 cm³/mol. The normalized spacial score (nSPS) is 12.3. The number of hydrogen-bond acceptors (Lipinski definition) is 4. The Bertz CT molecular complexity index is 1140. The van der Waals surface area contributed by atoms with E-state index in [9.17, 15) is 9.59 Å². The molecule has 1 aromatic heterocycles. The highest BCUT2D eigenvalue weighted by Gasteiger charge is 2.27. The van der Waals surface area contributed by atoms with Gasteiger partial charge in [0.05, 0.1) is 30.1 Å². The summed E-state index contributed by atoms with van der Waals surface area (Å²) >= 11 is 3.46. The van der Waals surface area contributed by atoms with Crippen LogP contribution in [0.15, 0.2) is 57.8 Å². The molecule has 2 aromatic carbocycles. The maximum atomic E-state index is 13.6. The fourth-order valence-electron chi connectivity index (χ4n) is 3.70. The number of fused-ring (bicyclic) bond motifs is 1. The fourth-order valence-corrected chi connectivity index (χ4v) is 4.10. The van der Waals surface area contributed by atoms with Gasteiger partial charge < -0.3 is 9.64 Å². The average Bonchev–Trinajstić information content (AvgIpc) is 2.78. The molecule has 1 heterocycles. The molecule has 0 bridgehead atoms. The monoisotopic (exact) mass is 499 g/mol. The molecule has 1 atom stereocenters. The minimum atomic E-state index is -0.394. The van der Waals surface area contributed by atoms with Crippen LogP contribution in [-0.2, 0) is 11.3 Å². The summed E-state index contributed by atoms with van der Waals surface area (Å²) in [7, 11) is 1.61. The molecule has 7 heteroatoms. The standard InChI is InChI=1S/C25H30BrN3O3/c1-17(2)12-13-28(24(30)19-8-7-9-20(26)16-19)18(3)23-27-22-11-6-5-10-21(22)25(31)29(23)14-15-32-4/h5-11,16-18H,12-15H2,1-4H3. The van der Waals surface area contributed by atoms with Gasteiger partial charge in [-0.2, -0.15) is 0 Å². The second-order valence-electron chi connectivity index (χ2n) is 8.30. The summed E-state index contributed by atoms with van der Waals surface area (Å²) in [5.41, 5.74) is 1.11. The number of carbonyl (C=O) groups excluding carboxylic acids is 1. The number of nitrogens with zero attached hydrogens (tertiary/aromatic N) is 3. The number of methoxy groups -OCH3 is 1. The zero-order chi connectivity index (χ0) is 23.3. The van der Waals surface area contributed by atoms with E-state index in [0.29, 0.717) is 47.9 Å². The average molecular weight is 500 g/mol. The van der Waals surface area contributed by atoms with Crippen molar-refractivity contribution in [3.63, 3.8) is 0 Å². The Labute approximate surface area is 197 Å². The maximum absolute atomic E-state index is 13.6. The Hall–Kier alpha value is -2.51. The summed E-state index contributed by atoms with van der Waals surface area (Å²) in [5, 5.41) is 0.562. The van der Waals surface area contributed by atoms with Gasteiger partial charge in [0.15, 0.2) is 0 Å². The van der Waals surface area contributed by atoms with E-state index in [1.807, 2.05) is 54.3 Å². The third-order valence-corrected chi connectivity index (χ3v) is 6.02. The van der Waals surface area contributed by atoms with Gasteiger partial charge >= 0.3 is 0 Å². The van der Waals surface area contributed by atoms with E-state index >= 15 is 0 Å². The van der Waals surface area contributed by atoms with Crippen molar-refractivity contribution in [2.24, 2.45) is 5.92 Å². The molecule has 3 rings (SSSR count). The zero-order valence-corrected chi connectivity index (χ0v) is 20.6. The van der Waals surface area contributed by atoms with E-state index < -0.39 is 6.04 Å². The van der Waals surface area contributed by atoms with E-state index in [1.54, 1.807) is 17.7 Å². The lowest BCUT2D eigenvalue weighted by molar-refractivity contribution is 0.0667. The van der Waals surface area contributed by atoms with Crippen molar-refractivity contribution < 1.29 is 9.53 Å². The Morgan fingerprint density at radius 3 is 2.59 bits per heavy atom. The van der Waals surface area contributed by atoms with Crippen LogP contribution in [0.25, 0.3) is 10.9 Å². The SMILES string of the molecule is COCCn1c(C(C)N(CCC(C)C)C(=O)c2cccc(Br)c2)nc2ccccc2c1=O. The first-order valence-electron chi connectivity index (χ1n) is 10.9. The number of rotatable bonds is 9. The van der Waals surface area contributed by atoms with Crippen molar-refractivity contribution >= 4 is 32.7 Å². The molecule has 0 fully saturated rings. The molecule has 0 aliphatic heterocycles. The van der Waals surface area contributed by atoms with Crippen LogP contribution in [0.3, 0.4) is 0 Å². The minimum Gasteiger partial charge on any atom is -0.383 e. The molecular formula is C25H30BrN3O3. The molecule has 0 radical (unpaired) electrons. The Morgan fingerprint density at radius 1 is 1.16 bits per heavy atom. The third kappa shape index (κ3) is 5.45. The van der Waals surface area contributed by atoms with Crippen LogP contribution in [0.4, 0.5) is 0 Å². The number of halogens is 1. The van der Waals surface area contributed by atoms with Crippen LogP contribution in [0.2, 0.25) is 0 Å². The molecule has 0 saturated carbocycles. The van der Waals surface area contributed by atoms with Gasteiger partial charge in [0, 0.05) is 23.7 Å². The number of carbonyl (C=O) groups is 1. The molecule has 32 heavy (non-hydrogen) atoms. The topological polar surface area (TPSA) is 64.4 Å². The second-order valence-corrected chi connectivity index (χ2v) is 9.22. The van der Waals surface area contributed by atoms with E-state index in [-0.39, 0.29) is 11.5 Å². The summed E-state index contributed by atoms with van der Waals surface area (Å²) in [6, 6.07) is 14.3. The van der Waals surface area contributed by atoms with Gasteiger partial charge in [0.25, 0.3) is 11.5 Å². The summed E-state index contributed by atoms with van der Waals surface area (Å²) in [6.45, 7) is 7.53. The van der Waals surface area contributed by atoms with Crippen molar-refractivity contribution in [1.29, 1.82) is 0 Å². The zero-order valence-electron chi connectivity index (χ0n) is 19.0. The Balaban J connectivity index is 2.10. The summed E-state index contributed by atoms with van der Waals surface area (Å²) in [4.78, 5) is 33.5. The summed E-state index contributed by atoms with van der Waals surface area (Å²) in [6.07, 6.45) is 0.847. The smallest absolute Gasteiger partial charge is 0.261 e. The van der Waals surface area contributed by atoms with Crippen molar-refractivity contribution in [2.75, 3.05) is 20.3 Å². The van der Waals surface area contributed by atoms with E-state index in [1.165, 1.54) is 0 Å². The first kappa shape index (κ1) is 24.1. The lowest BCUT2D eigenvalue weighted by Gasteiger charge is -2.31. The van der Waals surface area contributed by atoms with Gasteiger partial charge in [0.1, 0.15) is 5.82 Å². The number of amides is 1. The fraction of sp³-hybridized carbons (Fsp3) is 0.400. The number of benzene rings is 2. The molecule has 0 spiro atoms. The molecular weight excluding hydrogens is 470 g/mol.